The maximum absolute atomic E-state index is 5.54. The van der Waals surface area contributed by atoms with Crippen molar-refractivity contribution in [2.75, 3.05) is 20.2 Å². The number of hydrogen-bond acceptors (Lipinski definition) is 3. The van der Waals surface area contributed by atoms with E-state index in [2.05, 4.69) is 52.9 Å². The van der Waals surface area contributed by atoms with Crippen LogP contribution in [0.1, 0.15) is 48.9 Å². The molecule has 0 radical (unpaired) electrons. The Balaban J connectivity index is 1.59. The molecule has 0 N–H and O–H groups in total. The van der Waals surface area contributed by atoms with Crippen LogP contribution in [0.3, 0.4) is 0 Å². The summed E-state index contributed by atoms with van der Waals surface area (Å²) in [6.45, 7) is 8.63. The zero-order valence-electron chi connectivity index (χ0n) is 15.2. The first-order valence-electron chi connectivity index (χ1n) is 9.09. The Morgan fingerprint density at radius 1 is 1.21 bits per heavy atom. The lowest BCUT2D eigenvalue weighted by atomic mass is 9.88. The van der Waals surface area contributed by atoms with Gasteiger partial charge in [-0.3, -0.25) is 9.58 Å². The molecule has 2 heterocycles. The molecular formula is C20H29N3O. The number of aryl methyl sites for hydroxylation is 2. The number of para-hydroxylation sites is 1. The second-order valence-electron chi connectivity index (χ2n) is 6.80. The number of piperidine rings is 1. The van der Waals surface area contributed by atoms with Gasteiger partial charge in [0.25, 0.3) is 0 Å². The van der Waals surface area contributed by atoms with Crippen LogP contribution in [0.25, 0.3) is 0 Å². The molecule has 0 amide bonds. The molecule has 1 aliphatic rings. The molecule has 1 aliphatic heterocycles. The van der Waals surface area contributed by atoms with Gasteiger partial charge in [-0.05, 0) is 56.8 Å². The number of aromatic nitrogens is 2. The summed E-state index contributed by atoms with van der Waals surface area (Å²) in [5, 5.41) is 4.62. The smallest absolute Gasteiger partial charge is 0.122 e. The summed E-state index contributed by atoms with van der Waals surface area (Å²) in [4.78, 5) is 2.56. The molecule has 4 heteroatoms. The highest BCUT2D eigenvalue weighted by atomic mass is 16.5. The zero-order chi connectivity index (χ0) is 16.9. The van der Waals surface area contributed by atoms with E-state index in [9.17, 15) is 0 Å². The second-order valence-corrected chi connectivity index (χ2v) is 6.80. The molecule has 24 heavy (non-hydrogen) atoms. The van der Waals surface area contributed by atoms with Crippen LogP contribution < -0.4 is 4.74 Å². The van der Waals surface area contributed by atoms with Crippen molar-refractivity contribution in [3.8, 4) is 5.75 Å². The minimum atomic E-state index is 0.612. The summed E-state index contributed by atoms with van der Waals surface area (Å²) in [5.41, 5.74) is 3.92. The van der Waals surface area contributed by atoms with E-state index in [0.29, 0.717) is 5.92 Å². The molecule has 0 aliphatic carbocycles. The average Bonchev–Trinajstić information content (AvgIpc) is 2.95. The Morgan fingerprint density at radius 3 is 2.67 bits per heavy atom. The number of methoxy groups -OCH3 is 1. The van der Waals surface area contributed by atoms with Crippen LogP contribution in [0.2, 0.25) is 0 Å². The maximum Gasteiger partial charge on any atom is 0.122 e. The van der Waals surface area contributed by atoms with Crippen molar-refractivity contribution >= 4 is 0 Å². The molecule has 1 aromatic heterocycles. The van der Waals surface area contributed by atoms with Crippen molar-refractivity contribution in [3.63, 3.8) is 0 Å². The number of hydrogen-bond donors (Lipinski definition) is 0. The number of nitrogens with zero attached hydrogens (tertiary/aromatic N) is 3. The molecule has 0 unspecified atom stereocenters. The van der Waals surface area contributed by atoms with E-state index in [-0.39, 0.29) is 0 Å². The summed E-state index contributed by atoms with van der Waals surface area (Å²) >= 11 is 0. The van der Waals surface area contributed by atoms with Gasteiger partial charge in [-0.1, -0.05) is 25.1 Å². The van der Waals surface area contributed by atoms with E-state index in [1.807, 2.05) is 6.07 Å². The quantitative estimate of drug-likeness (QED) is 0.803. The molecule has 0 spiro atoms. The molecule has 130 valence electrons. The second kappa shape index (κ2) is 7.84. The lowest BCUT2D eigenvalue weighted by molar-refractivity contribution is 0.203. The van der Waals surface area contributed by atoms with Gasteiger partial charge in [-0.2, -0.15) is 5.10 Å². The fourth-order valence-electron chi connectivity index (χ4n) is 3.70. The first-order valence-corrected chi connectivity index (χ1v) is 9.09. The fourth-order valence-corrected chi connectivity index (χ4v) is 3.70. The van der Waals surface area contributed by atoms with Crippen molar-refractivity contribution in [1.29, 1.82) is 0 Å². The highest BCUT2D eigenvalue weighted by Crippen LogP contribution is 2.34. The summed E-state index contributed by atoms with van der Waals surface area (Å²) in [6.07, 6.45) is 5.75. The van der Waals surface area contributed by atoms with Gasteiger partial charge in [0.15, 0.2) is 0 Å². The summed E-state index contributed by atoms with van der Waals surface area (Å²) in [5.74, 6) is 1.65. The minimum Gasteiger partial charge on any atom is -0.496 e. The van der Waals surface area contributed by atoms with Crippen LogP contribution in [0.15, 0.2) is 30.5 Å². The van der Waals surface area contributed by atoms with Gasteiger partial charge in [0, 0.05) is 24.8 Å². The van der Waals surface area contributed by atoms with E-state index in [4.69, 9.17) is 4.74 Å². The first kappa shape index (κ1) is 17.0. The standard InChI is InChI=1S/C20H29N3O/c1-4-11-23-15-18(16(2)21-23)14-22-12-9-17(10-13-22)19-7-5-6-8-20(19)24-3/h5-8,15,17H,4,9-14H2,1-3H3. The van der Waals surface area contributed by atoms with Crippen molar-refractivity contribution < 1.29 is 4.74 Å². The molecule has 0 bridgehead atoms. The van der Waals surface area contributed by atoms with Gasteiger partial charge in [0.05, 0.1) is 12.8 Å². The highest BCUT2D eigenvalue weighted by Gasteiger charge is 2.23. The van der Waals surface area contributed by atoms with Crippen LogP contribution >= 0.6 is 0 Å². The van der Waals surface area contributed by atoms with E-state index < -0.39 is 0 Å². The molecule has 4 nitrogen and oxygen atoms in total. The third-order valence-corrected chi connectivity index (χ3v) is 5.06. The van der Waals surface area contributed by atoms with Crippen LogP contribution in [-0.4, -0.2) is 34.9 Å². The fraction of sp³-hybridized carbons (Fsp3) is 0.550. The Kier molecular flexibility index (Phi) is 5.56. The Hall–Kier alpha value is -1.81. The minimum absolute atomic E-state index is 0.612. The van der Waals surface area contributed by atoms with Gasteiger partial charge in [-0.15, -0.1) is 0 Å². The van der Waals surface area contributed by atoms with Crippen LogP contribution in [0, 0.1) is 6.92 Å². The number of ether oxygens (including phenoxy) is 1. The Labute approximate surface area is 145 Å². The number of rotatable bonds is 6. The van der Waals surface area contributed by atoms with Crippen molar-refractivity contribution in [3.05, 3.63) is 47.3 Å². The van der Waals surface area contributed by atoms with Gasteiger partial charge >= 0.3 is 0 Å². The van der Waals surface area contributed by atoms with Crippen LogP contribution in [-0.2, 0) is 13.1 Å². The van der Waals surface area contributed by atoms with E-state index in [1.54, 1.807) is 7.11 Å². The first-order chi connectivity index (χ1) is 11.7. The Bertz CT molecular complexity index is 657. The van der Waals surface area contributed by atoms with Crippen LogP contribution in [0.5, 0.6) is 5.75 Å². The molecule has 0 atom stereocenters. The van der Waals surface area contributed by atoms with Gasteiger partial charge in [0.1, 0.15) is 5.75 Å². The molecule has 0 saturated carbocycles. The van der Waals surface area contributed by atoms with Crippen molar-refractivity contribution in [1.82, 2.24) is 14.7 Å². The monoisotopic (exact) mass is 327 g/mol. The SMILES string of the molecule is CCCn1cc(CN2CCC(c3ccccc3OC)CC2)c(C)n1. The van der Waals surface area contributed by atoms with E-state index >= 15 is 0 Å². The van der Waals surface area contributed by atoms with Crippen molar-refractivity contribution in [2.24, 2.45) is 0 Å². The predicted octanol–water partition coefficient (Wildman–Crippen LogP) is 3.99. The molecule has 1 saturated heterocycles. The summed E-state index contributed by atoms with van der Waals surface area (Å²) in [6, 6.07) is 8.47. The molecule has 1 aromatic carbocycles. The van der Waals surface area contributed by atoms with Crippen LogP contribution in [0.4, 0.5) is 0 Å². The van der Waals surface area contributed by atoms with Gasteiger partial charge in [0.2, 0.25) is 0 Å². The van der Waals surface area contributed by atoms with Gasteiger partial charge < -0.3 is 4.74 Å². The topological polar surface area (TPSA) is 30.3 Å². The zero-order valence-corrected chi connectivity index (χ0v) is 15.2. The third kappa shape index (κ3) is 3.81. The lowest BCUT2D eigenvalue weighted by Crippen LogP contribution is -2.32. The summed E-state index contributed by atoms with van der Waals surface area (Å²) < 4.78 is 7.63. The van der Waals surface area contributed by atoms with Crippen molar-refractivity contribution in [2.45, 2.75) is 52.1 Å². The predicted molar refractivity (Wildman–Crippen MR) is 97.5 cm³/mol. The lowest BCUT2D eigenvalue weighted by Gasteiger charge is -2.32. The summed E-state index contributed by atoms with van der Waals surface area (Å²) in [7, 11) is 1.77. The number of benzene rings is 1. The molecule has 1 fully saturated rings. The third-order valence-electron chi connectivity index (χ3n) is 5.06. The normalized spacial score (nSPS) is 16.5. The number of likely N-dealkylation sites (tertiary alicyclic amines) is 1. The largest absolute Gasteiger partial charge is 0.496 e. The van der Waals surface area contributed by atoms with E-state index in [0.717, 1.165) is 38.3 Å². The highest BCUT2D eigenvalue weighted by molar-refractivity contribution is 5.36. The van der Waals surface area contributed by atoms with E-state index in [1.165, 1.54) is 29.7 Å². The molecule has 2 aromatic rings. The Morgan fingerprint density at radius 2 is 1.96 bits per heavy atom. The molecular weight excluding hydrogens is 298 g/mol. The van der Waals surface area contributed by atoms with Gasteiger partial charge in [-0.25, -0.2) is 0 Å². The average molecular weight is 327 g/mol. The molecule has 3 rings (SSSR count). The maximum atomic E-state index is 5.54.